The first-order valence-electron chi connectivity index (χ1n) is 7.97. The van der Waals surface area contributed by atoms with Gasteiger partial charge in [0, 0.05) is 18.3 Å². The van der Waals surface area contributed by atoms with Gasteiger partial charge in [-0.15, -0.1) is 0 Å². The Morgan fingerprint density at radius 2 is 1.92 bits per heavy atom. The highest BCUT2D eigenvalue weighted by atomic mass is 16.4. The van der Waals surface area contributed by atoms with Crippen molar-refractivity contribution in [3.63, 3.8) is 0 Å². The zero-order chi connectivity index (χ0) is 19.0. The van der Waals surface area contributed by atoms with Gasteiger partial charge in [0.05, 0.1) is 19.0 Å². The van der Waals surface area contributed by atoms with Crippen LogP contribution in [0.25, 0.3) is 0 Å². The van der Waals surface area contributed by atoms with E-state index in [-0.39, 0.29) is 12.3 Å². The number of aromatic amines is 1. The lowest BCUT2D eigenvalue weighted by Gasteiger charge is -2.23. The first kappa shape index (κ1) is 20.6. The number of aliphatic hydroxyl groups is 1. The topological polar surface area (TPSA) is 170 Å². The van der Waals surface area contributed by atoms with E-state index in [2.05, 4.69) is 20.6 Å². The summed E-state index contributed by atoms with van der Waals surface area (Å²) in [6, 6.07) is -3.32. The lowest BCUT2D eigenvalue weighted by Crippen LogP contribution is -2.56. The monoisotopic (exact) mass is 355 g/mol. The van der Waals surface area contributed by atoms with E-state index in [1.54, 1.807) is 0 Å². The molecule has 0 bridgehead atoms. The van der Waals surface area contributed by atoms with Crippen molar-refractivity contribution in [3.05, 3.63) is 18.2 Å². The van der Waals surface area contributed by atoms with E-state index >= 15 is 0 Å². The van der Waals surface area contributed by atoms with Crippen molar-refractivity contribution < 1.29 is 24.6 Å². The largest absolute Gasteiger partial charge is 0.480 e. The fraction of sp³-hybridized carbons (Fsp3) is 0.600. The molecule has 4 atom stereocenters. The quantitative estimate of drug-likeness (QED) is 0.292. The smallest absolute Gasteiger partial charge is 0.328 e. The predicted octanol–water partition coefficient (Wildman–Crippen LogP) is -1.63. The van der Waals surface area contributed by atoms with Gasteiger partial charge in [0.15, 0.2) is 0 Å². The summed E-state index contributed by atoms with van der Waals surface area (Å²) in [7, 11) is 0. The fourth-order valence-electron chi connectivity index (χ4n) is 2.06. The molecule has 0 saturated heterocycles. The Bertz CT molecular complexity index is 577. The number of carbonyl (C=O) groups excluding carboxylic acids is 2. The molecule has 0 aliphatic heterocycles. The number of carboxylic acids is 1. The van der Waals surface area contributed by atoms with Crippen molar-refractivity contribution in [2.75, 3.05) is 6.61 Å². The number of carboxylic acid groups (broad SMARTS) is 1. The van der Waals surface area contributed by atoms with Crippen LogP contribution in [0.4, 0.5) is 0 Å². The summed E-state index contributed by atoms with van der Waals surface area (Å²) in [6.07, 6.45) is 3.67. The molecule has 25 heavy (non-hydrogen) atoms. The van der Waals surface area contributed by atoms with Crippen LogP contribution in [0.15, 0.2) is 12.5 Å². The van der Waals surface area contributed by atoms with Gasteiger partial charge in [0.2, 0.25) is 11.8 Å². The number of hydrogen-bond donors (Lipinski definition) is 6. The van der Waals surface area contributed by atoms with Crippen LogP contribution >= 0.6 is 0 Å². The molecule has 1 rings (SSSR count). The molecule has 1 heterocycles. The van der Waals surface area contributed by atoms with E-state index in [9.17, 15) is 14.4 Å². The first-order valence-corrected chi connectivity index (χ1v) is 7.97. The van der Waals surface area contributed by atoms with E-state index in [0.717, 1.165) is 0 Å². The second-order valence-electron chi connectivity index (χ2n) is 5.84. The van der Waals surface area contributed by atoms with Crippen LogP contribution in [0.5, 0.6) is 0 Å². The van der Waals surface area contributed by atoms with E-state index in [1.165, 1.54) is 12.5 Å². The maximum absolute atomic E-state index is 12.4. The number of aliphatic hydroxyl groups excluding tert-OH is 1. The minimum atomic E-state index is -1.46. The van der Waals surface area contributed by atoms with E-state index < -0.39 is 42.5 Å². The molecule has 0 aliphatic rings. The molecule has 0 fully saturated rings. The van der Waals surface area contributed by atoms with Crippen LogP contribution in [0.1, 0.15) is 26.0 Å². The summed E-state index contributed by atoms with van der Waals surface area (Å²) in [5.74, 6) is -2.70. The maximum Gasteiger partial charge on any atom is 0.328 e. The van der Waals surface area contributed by atoms with E-state index in [4.69, 9.17) is 15.9 Å². The van der Waals surface area contributed by atoms with Crippen molar-refractivity contribution in [2.45, 2.75) is 44.8 Å². The second-order valence-corrected chi connectivity index (χ2v) is 5.84. The second kappa shape index (κ2) is 9.74. The normalized spacial score (nSPS) is 15.7. The van der Waals surface area contributed by atoms with Crippen molar-refractivity contribution in [2.24, 2.45) is 11.7 Å². The van der Waals surface area contributed by atoms with Gasteiger partial charge >= 0.3 is 5.97 Å². The molecule has 0 unspecified atom stereocenters. The number of hydrogen-bond acceptors (Lipinski definition) is 6. The van der Waals surface area contributed by atoms with Crippen molar-refractivity contribution in [3.8, 4) is 0 Å². The molecule has 2 amide bonds. The molecular formula is C15H25N5O5. The van der Waals surface area contributed by atoms with Crippen LogP contribution in [0.2, 0.25) is 0 Å². The standard InChI is InChI=1S/C15H25N5O5/c1-3-8(2)12(16)14(23)19-10(4-9-5-17-7-18-9)13(22)20-11(6-21)15(24)25/h5,7-8,10-12,21H,3-4,6,16H2,1-2H3,(H,17,18)(H,19,23)(H,20,22)(H,24,25)/t8-,10-,11-,12-/m0/s1. The highest BCUT2D eigenvalue weighted by Gasteiger charge is 2.29. The number of aromatic nitrogens is 2. The molecule has 0 saturated carbocycles. The molecular weight excluding hydrogens is 330 g/mol. The third-order valence-corrected chi connectivity index (χ3v) is 3.97. The van der Waals surface area contributed by atoms with Gasteiger partial charge < -0.3 is 31.6 Å². The zero-order valence-corrected chi connectivity index (χ0v) is 14.2. The summed E-state index contributed by atoms with van der Waals surface area (Å²) in [5, 5.41) is 22.7. The Balaban J connectivity index is 2.86. The van der Waals surface area contributed by atoms with Gasteiger partial charge in [-0.3, -0.25) is 9.59 Å². The highest BCUT2D eigenvalue weighted by molar-refractivity contribution is 5.92. The highest BCUT2D eigenvalue weighted by Crippen LogP contribution is 2.07. The molecule has 0 radical (unpaired) electrons. The molecule has 0 spiro atoms. The maximum atomic E-state index is 12.4. The van der Waals surface area contributed by atoms with E-state index in [1.807, 2.05) is 13.8 Å². The Labute approximate surface area is 145 Å². The van der Waals surface area contributed by atoms with Gasteiger partial charge in [-0.1, -0.05) is 20.3 Å². The van der Waals surface area contributed by atoms with Gasteiger partial charge in [0.1, 0.15) is 12.1 Å². The van der Waals surface area contributed by atoms with Crippen LogP contribution < -0.4 is 16.4 Å². The lowest BCUT2D eigenvalue weighted by atomic mass is 9.98. The number of nitrogens with two attached hydrogens (primary N) is 1. The number of imidazole rings is 1. The van der Waals surface area contributed by atoms with Gasteiger partial charge in [-0.2, -0.15) is 0 Å². The summed E-state index contributed by atoms with van der Waals surface area (Å²) in [5.41, 5.74) is 6.45. The van der Waals surface area contributed by atoms with Gasteiger partial charge in [0.25, 0.3) is 0 Å². The number of nitrogens with one attached hydrogen (secondary N) is 3. The molecule has 1 aromatic rings. The predicted molar refractivity (Wildman–Crippen MR) is 88.3 cm³/mol. The Morgan fingerprint density at radius 1 is 1.28 bits per heavy atom. The minimum Gasteiger partial charge on any atom is -0.480 e. The van der Waals surface area contributed by atoms with E-state index in [0.29, 0.717) is 12.1 Å². The number of rotatable bonds is 10. The zero-order valence-electron chi connectivity index (χ0n) is 14.2. The summed E-state index contributed by atoms with van der Waals surface area (Å²) < 4.78 is 0. The Morgan fingerprint density at radius 3 is 2.40 bits per heavy atom. The van der Waals surface area contributed by atoms with Crippen LogP contribution in [0.3, 0.4) is 0 Å². The van der Waals surface area contributed by atoms with Crippen LogP contribution in [-0.2, 0) is 20.8 Å². The summed E-state index contributed by atoms with van der Waals surface area (Å²) >= 11 is 0. The number of nitrogens with zero attached hydrogens (tertiary/aromatic N) is 1. The lowest BCUT2D eigenvalue weighted by molar-refractivity contribution is -0.143. The SMILES string of the molecule is CC[C@H](C)[C@H](N)C(=O)N[C@@H](Cc1cnc[nH]1)C(=O)N[C@@H](CO)C(=O)O. The average molecular weight is 355 g/mol. The van der Waals surface area contributed by atoms with Crippen molar-refractivity contribution >= 4 is 17.8 Å². The van der Waals surface area contributed by atoms with Crippen molar-refractivity contribution in [1.82, 2.24) is 20.6 Å². The molecule has 140 valence electrons. The minimum absolute atomic E-state index is 0.0720. The number of aliphatic carboxylic acids is 1. The summed E-state index contributed by atoms with van der Waals surface area (Å²) in [4.78, 5) is 42.2. The number of amides is 2. The molecule has 10 heteroatoms. The third-order valence-electron chi connectivity index (χ3n) is 3.97. The number of H-pyrrole nitrogens is 1. The number of carbonyl (C=O) groups is 3. The molecule has 1 aromatic heterocycles. The fourth-order valence-corrected chi connectivity index (χ4v) is 2.06. The summed E-state index contributed by atoms with van der Waals surface area (Å²) in [6.45, 7) is 2.95. The Hall–Kier alpha value is -2.46. The first-order chi connectivity index (χ1) is 11.8. The molecule has 0 aliphatic carbocycles. The van der Waals surface area contributed by atoms with Gasteiger partial charge in [-0.25, -0.2) is 9.78 Å². The van der Waals surface area contributed by atoms with Gasteiger partial charge in [-0.05, 0) is 5.92 Å². The third kappa shape index (κ3) is 6.16. The van der Waals surface area contributed by atoms with Crippen LogP contribution in [0, 0.1) is 5.92 Å². The molecule has 10 nitrogen and oxygen atoms in total. The van der Waals surface area contributed by atoms with Crippen LogP contribution in [-0.4, -0.2) is 62.7 Å². The average Bonchev–Trinajstić information content (AvgIpc) is 3.09. The molecule has 0 aromatic carbocycles. The Kier molecular flexibility index (Phi) is 8.02. The van der Waals surface area contributed by atoms with Crippen molar-refractivity contribution in [1.29, 1.82) is 0 Å². The molecule has 7 N–H and O–H groups in total.